The van der Waals surface area contributed by atoms with Gasteiger partial charge in [-0.3, -0.25) is 4.79 Å². The number of halogens is 2. The first-order chi connectivity index (χ1) is 9.99. The fourth-order valence-electron chi connectivity index (χ4n) is 1.66. The van der Waals surface area contributed by atoms with Gasteiger partial charge in [-0.2, -0.15) is 0 Å². The molecule has 1 N–H and O–H groups in total. The first-order valence-electron chi connectivity index (χ1n) is 6.32. The summed E-state index contributed by atoms with van der Waals surface area (Å²) in [6, 6.07) is 8.93. The van der Waals surface area contributed by atoms with Gasteiger partial charge >= 0.3 is 0 Å². The van der Waals surface area contributed by atoms with Crippen molar-refractivity contribution in [2.45, 2.75) is 24.1 Å². The van der Waals surface area contributed by atoms with Gasteiger partial charge in [-0.05, 0) is 43.7 Å². The molecule has 0 saturated heterocycles. The molecule has 0 fully saturated rings. The molecule has 0 saturated carbocycles. The number of nitrogens with one attached hydrogen (secondary N) is 1. The minimum absolute atomic E-state index is 0.118. The van der Waals surface area contributed by atoms with Gasteiger partial charge in [0.2, 0.25) is 5.91 Å². The Morgan fingerprint density at radius 2 is 1.95 bits per heavy atom. The van der Waals surface area contributed by atoms with Crippen LogP contribution < -0.4 is 5.32 Å². The van der Waals surface area contributed by atoms with Crippen molar-refractivity contribution in [3.8, 4) is 0 Å². The minimum atomic E-state index is -0.323. The fraction of sp³-hybridized carbons (Fsp3) is 0.200. The molecule has 1 amide bonds. The normalized spacial score (nSPS) is 12.0. The number of rotatable bonds is 4. The van der Waals surface area contributed by atoms with Crippen molar-refractivity contribution < 1.29 is 4.79 Å². The van der Waals surface area contributed by atoms with Gasteiger partial charge in [-0.1, -0.05) is 41.0 Å². The third-order valence-electron chi connectivity index (χ3n) is 2.91. The molecule has 1 aromatic heterocycles. The Morgan fingerprint density at radius 1 is 1.24 bits per heavy atom. The van der Waals surface area contributed by atoms with E-state index in [2.05, 4.69) is 10.3 Å². The number of nitrogens with zero attached hydrogens (tertiary/aromatic N) is 1. The van der Waals surface area contributed by atoms with Crippen molar-refractivity contribution in [2.75, 3.05) is 5.32 Å². The van der Waals surface area contributed by atoms with E-state index in [4.69, 9.17) is 23.2 Å². The van der Waals surface area contributed by atoms with E-state index in [-0.39, 0.29) is 11.2 Å². The van der Waals surface area contributed by atoms with Crippen LogP contribution >= 0.6 is 35.0 Å². The molecule has 2 rings (SSSR count). The Morgan fingerprint density at radius 3 is 2.67 bits per heavy atom. The number of amides is 1. The molecular formula is C15H14Cl2N2OS. The average Bonchev–Trinajstić information content (AvgIpc) is 2.46. The van der Waals surface area contributed by atoms with Gasteiger partial charge in [0.15, 0.2) is 0 Å². The standard InChI is InChI=1S/C15H14Cl2N2OS/c1-9-11(16)5-3-7-13(9)19-14(20)10(2)21-15-12(17)6-4-8-18-15/h3-8,10H,1-2H3,(H,19,20). The maximum absolute atomic E-state index is 12.2. The molecule has 6 heteroatoms. The third-order valence-corrected chi connectivity index (χ3v) is 4.85. The average molecular weight is 341 g/mol. The lowest BCUT2D eigenvalue weighted by atomic mass is 10.2. The number of carbonyl (C=O) groups excluding carboxylic acids is 1. The first kappa shape index (κ1) is 16.1. The van der Waals surface area contributed by atoms with Gasteiger partial charge in [-0.25, -0.2) is 4.98 Å². The van der Waals surface area contributed by atoms with Crippen LogP contribution in [0.3, 0.4) is 0 Å². The summed E-state index contributed by atoms with van der Waals surface area (Å²) in [5.74, 6) is -0.118. The van der Waals surface area contributed by atoms with Crippen molar-refractivity contribution >= 4 is 46.6 Å². The second-order valence-corrected chi connectivity index (χ2v) is 6.60. The van der Waals surface area contributed by atoms with Gasteiger partial charge in [0.05, 0.1) is 10.3 Å². The summed E-state index contributed by atoms with van der Waals surface area (Å²) in [4.78, 5) is 16.4. The maximum Gasteiger partial charge on any atom is 0.237 e. The molecule has 110 valence electrons. The summed E-state index contributed by atoms with van der Waals surface area (Å²) >= 11 is 13.4. The van der Waals surface area contributed by atoms with E-state index in [9.17, 15) is 4.79 Å². The van der Waals surface area contributed by atoms with Crippen LogP contribution in [-0.2, 0) is 4.79 Å². The van der Waals surface area contributed by atoms with Crippen LogP contribution in [0.4, 0.5) is 5.69 Å². The number of thioether (sulfide) groups is 1. The summed E-state index contributed by atoms with van der Waals surface area (Å²) in [6.07, 6.45) is 1.65. The van der Waals surface area contributed by atoms with Crippen LogP contribution in [0.1, 0.15) is 12.5 Å². The SMILES string of the molecule is Cc1c(Cl)cccc1NC(=O)C(C)Sc1ncccc1Cl. The second-order valence-electron chi connectivity index (χ2n) is 4.45. The van der Waals surface area contributed by atoms with Crippen molar-refractivity contribution in [1.29, 1.82) is 0 Å². The quantitative estimate of drug-likeness (QED) is 0.811. The Bertz CT molecular complexity index is 664. The molecule has 0 aliphatic heterocycles. The second kappa shape index (κ2) is 7.16. The molecule has 3 nitrogen and oxygen atoms in total. The Balaban J connectivity index is 2.06. The van der Waals surface area contributed by atoms with Crippen LogP contribution in [0.2, 0.25) is 10.0 Å². The molecule has 0 spiro atoms. The summed E-state index contributed by atoms with van der Waals surface area (Å²) in [6.45, 7) is 3.68. The van der Waals surface area contributed by atoms with Crippen LogP contribution in [0.15, 0.2) is 41.6 Å². The van der Waals surface area contributed by atoms with E-state index < -0.39 is 0 Å². The highest BCUT2D eigenvalue weighted by Gasteiger charge is 2.17. The van der Waals surface area contributed by atoms with Crippen LogP contribution in [0, 0.1) is 6.92 Å². The minimum Gasteiger partial charge on any atom is -0.325 e. The molecular weight excluding hydrogens is 327 g/mol. The third kappa shape index (κ3) is 4.13. The van der Waals surface area contributed by atoms with Gasteiger partial charge in [0.1, 0.15) is 5.03 Å². The molecule has 1 heterocycles. The van der Waals surface area contributed by atoms with E-state index in [0.29, 0.717) is 20.8 Å². The van der Waals surface area contributed by atoms with Gasteiger partial charge in [-0.15, -0.1) is 0 Å². The topological polar surface area (TPSA) is 42.0 Å². The summed E-state index contributed by atoms with van der Waals surface area (Å²) in [7, 11) is 0. The van der Waals surface area contributed by atoms with Gasteiger partial charge < -0.3 is 5.32 Å². The van der Waals surface area contributed by atoms with Crippen molar-refractivity contribution in [1.82, 2.24) is 4.98 Å². The molecule has 1 aromatic carbocycles. The highest BCUT2D eigenvalue weighted by atomic mass is 35.5. The predicted molar refractivity (Wildman–Crippen MR) is 89.4 cm³/mol. The number of pyridine rings is 1. The molecule has 1 unspecified atom stereocenters. The van der Waals surface area contributed by atoms with Crippen LogP contribution in [-0.4, -0.2) is 16.1 Å². The smallest absolute Gasteiger partial charge is 0.237 e. The van der Waals surface area contributed by atoms with Gasteiger partial charge in [0, 0.05) is 16.9 Å². The van der Waals surface area contributed by atoms with E-state index >= 15 is 0 Å². The molecule has 0 aliphatic carbocycles. The summed E-state index contributed by atoms with van der Waals surface area (Å²) < 4.78 is 0. The maximum atomic E-state index is 12.2. The number of aromatic nitrogens is 1. The number of benzene rings is 1. The molecule has 0 aliphatic rings. The lowest BCUT2D eigenvalue weighted by Gasteiger charge is -2.14. The summed E-state index contributed by atoms with van der Waals surface area (Å²) in [5, 5.41) is 4.36. The van der Waals surface area contributed by atoms with E-state index in [1.54, 1.807) is 30.5 Å². The number of hydrogen-bond donors (Lipinski definition) is 1. The highest BCUT2D eigenvalue weighted by molar-refractivity contribution is 8.00. The van der Waals surface area contributed by atoms with Crippen LogP contribution in [0.25, 0.3) is 0 Å². The van der Waals surface area contributed by atoms with Gasteiger partial charge in [0.25, 0.3) is 0 Å². The highest BCUT2D eigenvalue weighted by Crippen LogP contribution is 2.29. The molecule has 1 atom stereocenters. The van der Waals surface area contributed by atoms with Crippen molar-refractivity contribution in [2.24, 2.45) is 0 Å². The monoisotopic (exact) mass is 340 g/mol. The number of anilines is 1. The Hall–Kier alpha value is -1.23. The molecule has 21 heavy (non-hydrogen) atoms. The number of hydrogen-bond acceptors (Lipinski definition) is 3. The Kier molecular flexibility index (Phi) is 5.51. The molecule has 0 radical (unpaired) electrons. The zero-order chi connectivity index (χ0) is 15.4. The first-order valence-corrected chi connectivity index (χ1v) is 7.95. The zero-order valence-electron chi connectivity index (χ0n) is 11.6. The zero-order valence-corrected chi connectivity index (χ0v) is 13.9. The Labute approximate surface area is 138 Å². The van der Waals surface area contributed by atoms with E-state index in [0.717, 1.165) is 5.56 Å². The number of carbonyl (C=O) groups is 1. The van der Waals surface area contributed by atoms with E-state index in [1.165, 1.54) is 11.8 Å². The van der Waals surface area contributed by atoms with Crippen molar-refractivity contribution in [3.63, 3.8) is 0 Å². The summed E-state index contributed by atoms with van der Waals surface area (Å²) in [5.41, 5.74) is 1.56. The molecule has 0 bridgehead atoms. The largest absolute Gasteiger partial charge is 0.325 e. The molecule has 2 aromatic rings. The predicted octanol–water partition coefficient (Wildman–Crippen LogP) is 4.82. The van der Waals surface area contributed by atoms with Crippen molar-refractivity contribution in [3.05, 3.63) is 52.1 Å². The van der Waals surface area contributed by atoms with Crippen LogP contribution in [0.5, 0.6) is 0 Å². The van der Waals surface area contributed by atoms with E-state index in [1.807, 2.05) is 19.9 Å². The lowest BCUT2D eigenvalue weighted by molar-refractivity contribution is -0.115. The lowest BCUT2D eigenvalue weighted by Crippen LogP contribution is -2.23. The fourth-order valence-corrected chi connectivity index (χ4v) is 2.89.